The molecule has 11 rings (SSSR count). The smallest absolute Gasteiger partial charge is 0.161 e. The maximum atomic E-state index is 5.41. The van der Waals surface area contributed by atoms with Crippen LogP contribution in [-0.4, -0.2) is 9.97 Å². The summed E-state index contributed by atoms with van der Waals surface area (Å²) in [4.78, 5) is 10.7. The average Bonchev–Trinajstić information content (AvgIpc) is 3.49. The first-order chi connectivity index (χ1) is 27.0. The fourth-order valence-electron chi connectivity index (χ4n) is 9.24. The van der Waals surface area contributed by atoms with Gasteiger partial charge in [-0.15, -0.1) is 0 Å². The molecule has 10 aromatic rings. The number of hydrogen-bond donors (Lipinski definition) is 0. The van der Waals surface area contributed by atoms with Crippen molar-refractivity contribution in [3.63, 3.8) is 0 Å². The van der Waals surface area contributed by atoms with Gasteiger partial charge in [-0.05, 0) is 82.5 Å². The van der Waals surface area contributed by atoms with Gasteiger partial charge in [0.05, 0.1) is 11.4 Å². The molecule has 1 heterocycles. The van der Waals surface area contributed by atoms with E-state index in [-0.39, 0.29) is 5.41 Å². The molecule has 0 saturated heterocycles. The zero-order valence-electron chi connectivity index (χ0n) is 30.7. The molecule has 258 valence electrons. The van der Waals surface area contributed by atoms with Crippen LogP contribution >= 0.6 is 0 Å². The van der Waals surface area contributed by atoms with Crippen LogP contribution in [0.1, 0.15) is 25.0 Å². The van der Waals surface area contributed by atoms with Gasteiger partial charge in [0.15, 0.2) is 5.82 Å². The molecule has 1 aliphatic carbocycles. The lowest BCUT2D eigenvalue weighted by molar-refractivity contribution is 0.661. The Kier molecular flexibility index (Phi) is 6.93. The minimum absolute atomic E-state index is 0.114. The van der Waals surface area contributed by atoms with E-state index in [1.165, 1.54) is 71.1 Å². The first-order valence-electron chi connectivity index (χ1n) is 19.1. The molecule has 0 atom stereocenters. The lowest BCUT2D eigenvalue weighted by Gasteiger charge is -2.22. The third kappa shape index (κ3) is 4.81. The van der Waals surface area contributed by atoms with Crippen molar-refractivity contribution >= 4 is 43.1 Å². The zero-order chi connectivity index (χ0) is 36.7. The highest BCUT2D eigenvalue weighted by molar-refractivity contribution is 6.12. The quantitative estimate of drug-likeness (QED) is 0.183. The Morgan fingerprint density at radius 2 is 0.782 bits per heavy atom. The molecule has 2 heteroatoms. The van der Waals surface area contributed by atoms with Gasteiger partial charge in [-0.1, -0.05) is 190 Å². The number of hydrogen-bond acceptors (Lipinski definition) is 2. The van der Waals surface area contributed by atoms with E-state index in [4.69, 9.17) is 9.97 Å². The van der Waals surface area contributed by atoms with Crippen LogP contribution in [0.25, 0.3) is 99.2 Å². The Hall–Kier alpha value is -6.90. The molecular weight excluding hydrogens is 665 g/mol. The number of rotatable bonds is 4. The number of nitrogens with zero attached hydrogens (tertiary/aromatic N) is 2. The molecule has 0 spiro atoms. The normalized spacial score (nSPS) is 13.1. The molecule has 55 heavy (non-hydrogen) atoms. The Labute approximate surface area is 320 Å². The Balaban J connectivity index is 1.17. The summed E-state index contributed by atoms with van der Waals surface area (Å²) in [5.41, 5.74) is 12.9. The van der Waals surface area contributed by atoms with E-state index >= 15 is 0 Å². The van der Waals surface area contributed by atoms with Gasteiger partial charge in [0, 0.05) is 22.1 Å². The van der Waals surface area contributed by atoms with E-state index in [2.05, 4.69) is 196 Å². The Bertz CT molecular complexity index is 3080. The van der Waals surface area contributed by atoms with Crippen LogP contribution in [0.15, 0.2) is 182 Å². The first kappa shape index (κ1) is 31.6. The third-order valence-electron chi connectivity index (χ3n) is 11.9. The molecule has 2 nitrogen and oxygen atoms in total. The van der Waals surface area contributed by atoms with Gasteiger partial charge >= 0.3 is 0 Å². The highest BCUT2D eigenvalue weighted by Gasteiger charge is 2.38. The second-order valence-electron chi connectivity index (χ2n) is 15.3. The summed E-state index contributed by atoms with van der Waals surface area (Å²) in [6.07, 6.45) is 0. The lowest BCUT2D eigenvalue weighted by atomic mass is 9.81. The van der Waals surface area contributed by atoms with Crippen LogP contribution in [-0.2, 0) is 5.41 Å². The standard InChI is InChI=1S/C53H36N2/c1-53(2)46-27-13-25-44(51(46)50-38-21-8-5-16-35(38)28-31-47(50)53)41-29-30-43(40-23-10-9-22-39(40)41)49-32-48(42-24-11-17-33-14-3-6-19-36(33)42)54-52(55-49)45-26-12-18-34-15-4-7-20-37(34)45/h3-32H,1-2H3. The summed E-state index contributed by atoms with van der Waals surface area (Å²) in [6.45, 7) is 4.74. The molecule has 0 bridgehead atoms. The van der Waals surface area contributed by atoms with Gasteiger partial charge in [-0.3, -0.25) is 0 Å². The molecular formula is C53H36N2. The van der Waals surface area contributed by atoms with Crippen LogP contribution in [0, 0.1) is 0 Å². The second-order valence-corrected chi connectivity index (χ2v) is 15.3. The molecule has 0 fully saturated rings. The van der Waals surface area contributed by atoms with E-state index in [1.807, 2.05) is 0 Å². The molecule has 0 saturated carbocycles. The fraction of sp³-hybridized carbons (Fsp3) is 0.0566. The molecule has 9 aromatic carbocycles. The van der Waals surface area contributed by atoms with Gasteiger partial charge in [-0.2, -0.15) is 0 Å². The van der Waals surface area contributed by atoms with E-state index < -0.39 is 0 Å². The summed E-state index contributed by atoms with van der Waals surface area (Å²) in [6, 6.07) is 65.9. The largest absolute Gasteiger partial charge is 0.228 e. The first-order valence-corrected chi connectivity index (χ1v) is 19.1. The molecule has 0 aliphatic heterocycles. The minimum atomic E-state index is -0.114. The predicted octanol–water partition coefficient (Wildman–Crippen LogP) is 14.1. The van der Waals surface area contributed by atoms with Crippen molar-refractivity contribution in [2.45, 2.75) is 19.3 Å². The van der Waals surface area contributed by atoms with E-state index in [1.54, 1.807) is 0 Å². The van der Waals surface area contributed by atoms with Crippen molar-refractivity contribution in [3.05, 3.63) is 193 Å². The summed E-state index contributed by atoms with van der Waals surface area (Å²) in [7, 11) is 0. The van der Waals surface area contributed by atoms with E-state index in [9.17, 15) is 0 Å². The van der Waals surface area contributed by atoms with E-state index in [0.717, 1.165) is 39.3 Å². The van der Waals surface area contributed by atoms with Crippen molar-refractivity contribution in [2.24, 2.45) is 0 Å². The SMILES string of the molecule is CC1(C)c2cccc(-c3ccc(-c4cc(-c5cccc6ccccc56)nc(-c5cccc6ccccc56)n4)c4ccccc34)c2-c2c1ccc1ccccc21. The van der Waals surface area contributed by atoms with Crippen LogP contribution in [0.5, 0.6) is 0 Å². The molecule has 0 N–H and O–H groups in total. The van der Waals surface area contributed by atoms with Crippen molar-refractivity contribution in [3.8, 4) is 56.2 Å². The predicted molar refractivity (Wildman–Crippen MR) is 231 cm³/mol. The molecule has 1 aromatic heterocycles. The highest BCUT2D eigenvalue weighted by Crippen LogP contribution is 2.55. The monoisotopic (exact) mass is 700 g/mol. The van der Waals surface area contributed by atoms with Gasteiger partial charge in [-0.25, -0.2) is 9.97 Å². The third-order valence-corrected chi connectivity index (χ3v) is 11.9. The van der Waals surface area contributed by atoms with Gasteiger partial charge in [0.2, 0.25) is 0 Å². The number of aromatic nitrogens is 2. The van der Waals surface area contributed by atoms with Crippen LogP contribution in [0.2, 0.25) is 0 Å². The summed E-state index contributed by atoms with van der Waals surface area (Å²) < 4.78 is 0. The van der Waals surface area contributed by atoms with Gasteiger partial charge < -0.3 is 0 Å². The van der Waals surface area contributed by atoms with Gasteiger partial charge in [0.25, 0.3) is 0 Å². The van der Waals surface area contributed by atoms with Gasteiger partial charge in [0.1, 0.15) is 0 Å². The maximum absolute atomic E-state index is 5.41. The van der Waals surface area contributed by atoms with Crippen molar-refractivity contribution < 1.29 is 0 Å². The zero-order valence-corrected chi connectivity index (χ0v) is 30.7. The highest BCUT2D eigenvalue weighted by atomic mass is 14.9. The van der Waals surface area contributed by atoms with Crippen molar-refractivity contribution in [1.29, 1.82) is 0 Å². The molecule has 1 aliphatic rings. The fourth-order valence-corrected chi connectivity index (χ4v) is 9.24. The van der Waals surface area contributed by atoms with E-state index in [0.29, 0.717) is 0 Å². The van der Waals surface area contributed by atoms with Crippen LogP contribution in [0.4, 0.5) is 0 Å². The number of fused-ring (bicyclic) bond motifs is 8. The van der Waals surface area contributed by atoms with Crippen molar-refractivity contribution in [2.75, 3.05) is 0 Å². The van der Waals surface area contributed by atoms with Crippen LogP contribution < -0.4 is 0 Å². The summed E-state index contributed by atoms with van der Waals surface area (Å²) >= 11 is 0. The molecule has 0 radical (unpaired) electrons. The minimum Gasteiger partial charge on any atom is -0.228 e. The Morgan fingerprint density at radius 3 is 1.47 bits per heavy atom. The molecule has 0 unspecified atom stereocenters. The average molecular weight is 701 g/mol. The Morgan fingerprint density at radius 1 is 0.327 bits per heavy atom. The second kappa shape index (κ2) is 12.1. The molecule has 0 amide bonds. The summed E-state index contributed by atoms with van der Waals surface area (Å²) in [5, 5.41) is 9.62. The van der Waals surface area contributed by atoms with Crippen molar-refractivity contribution in [1.82, 2.24) is 9.97 Å². The number of benzene rings is 9. The lowest BCUT2D eigenvalue weighted by Crippen LogP contribution is -2.14. The summed E-state index contributed by atoms with van der Waals surface area (Å²) in [5.74, 6) is 0.719. The maximum Gasteiger partial charge on any atom is 0.161 e. The van der Waals surface area contributed by atoms with Crippen LogP contribution in [0.3, 0.4) is 0 Å². The topological polar surface area (TPSA) is 25.8 Å².